The number of hydrogen-bond acceptors (Lipinski definition) is 2. The van der Waals surface area contributed by atoms with E-state index in [1.165, 1.54) is 4.90 Å². The van der Waals surface area contributed by atoms with Gasteiger partial charge in [0.2, 0.25) is 0 Å². The molecule has 2 heterocycles. The van der Waals surface area contributed by atoms with E-state index in [1.54, 1.807) is 6.07 Å². The van der Waals surface area contributed by atoms with Crippen LogP contribution in [0.25, 0.3) is 32.9 Å². The molecule has 1 N–H and O–H groups in total. The first-order valence-electron chi connectivity index (χ1n) is 11.2. The number of aromatic amines is 1. The molecule has 0 aliphatic carbocycles. The number of hydrogen-bond donors (Lipinski definition) is 1. The quantitative estimate of drug-likeness (QED) is 0.251. The van der Waals surface area contributed by atoms with Crippen LogP contribution in [0.4, 0.5) is 5.69 Å². The molecule has 0 bridgehead atoms. The minimum Gasteiger partial charge on any atom is -0.354 e. The Labute approximate surface area is 205 Å². The average Bonchev–Trinajstić information content (AvgIpc) is 3.31. The van der Waals surface area contributed by atoms with Crippen LogP contribution in [0, 0.1) is 20.8 Å². The molecule has 34 heavy (non-hydrogen) atoms. The van der Waals surface area contributed by atoms with E-state index in [2.05, 4.69) is 33.0 Å². The molecule has 4 nitrogen and oxygen atoms in total. The summed E-state index contributed by atoms with van der Waals surface area (Å²) in [5.41, 5.74) is 8.12. The highest BCUT2D eigenvalue weighted by Gasteiger charge is 2.40. The Kier molecular flexibility index (Phi) is 4.55. The second kappa shape index (κ2) is 7.40. The smallest absolute Gasteiger partial charge is 0.266 e. The molecule has 5 heteroatoms. The number of imide groups is 1. The molecule has 0 unspecified atom stereocenters. The van der Waals surface area contributed by atoms with Gasteiger partial charge in [-0.1, -0.05) is 60.2 Å². The number of amides is 2. The summed E-state index contributed by atoms with van der Waals surface area (Å²) in [4.78, 5) is 32.1. The highest BCUT2D eigenvalue weighted by molar-refractivity contribution is 9.10. The number of carbonyl (C=O) groups excluding carboxylic acids is 2. The van der Waals surface area contributed by atoms with Crippen molar-refractivity contribution in [2.24, 2.45) is 0 Å². The number of benzene rings is 4. The van der Waals surface area contributed by atoms with E-state index in [0.29, 0.717) is 16.8 Å². The van der Waals surface area contributed by atoms with E-state index < -0.39 is 0 Å². The Morgan fingerprint density at radius 3 is 2.21 bits per heavy atom. The molecule has 2 amide bonds. The van der Waals surface area contributed by atoms with Gasteiger partial charge in [-0.15, -0.1) is 0 Å². The van der Waals surface area contributed by atoms with Crippen molar-refractivity contribution in [1.82, 2.24) is 4.98 Å². The monoisotopic (exact) mass is 508 g/mol. The van der Waals surface area contributed by atoms with Gasteiger partial charge in [-0.3, -0.25) is 9.59 Å². The van der Waals surface area contributed by atoms with Gasteiger partial charge in [0.05, 0.1) is 22.3 Å². The third-order valence-corrected chi connectivity index (χ3v) is 7.51. The van der Waals surface area contributed by atoms with Crippen molar-refractivity contribution in [3.8, 4) is 11.1 Å². The number of anilines is 1. The molecule has 0 radical (unpaired) electrons. The van der Waals surface area contributed by atoms with E-state index in [1.807, 2.05) is 69.3 Å². The van der Waals surface area contributed by atoms with E-state index in [-0.39, 0.29) is 11.8 Å². The molecule has 0 saturated heterocycles. The number of para-hydroxylation sites is 1. The van der Waals surface area contributed by atoms with E-state index >= 15 is 0 Å². The van der Waals surface area contributed by atoms with Crippen LogP contribution in [-0.4, -0.2) is 16.8 Å². The van der Waals surface area contributed by atoms with Crippen molar-refractivity contribution >= 4 is 55.2 Å². The summed E-state index contributed by atoms with van der Waals surface area (Å²) in [5, 5.41) is 2.25. The number of nitrogens with zero attached hydrogens (tertiary/aromatic N) is 1. The molecule has 5 aromatic rings. The maximum atomic E-state index is 13.8. The lowest BCUT2D eigenvalue weighted by molar-refractivity contribution is 0.0926. The molecule has 0 saturated carbocycles. The Morgan fingerprint density at radius 1 is 0.735 bits per heavy atom. The Balaban J connectivity index is 1.56. The van der Waals surface area contributed by atoms with Crippen LogP contribution in [0.5, 0.6) is 0 Å². The van der Waals surface area contributed by atoms with Crippen molar-refractivity contribution < 1.29 is 9.59 Å². The van der Waals surface area contributed by atoms with Crippen LogP contribution >= 0.6 is 15.9 Å². The highest BCUT2D eigenvalue weighted by Crippen LogP contribution is 2.42. The summed E-state index contributed by atoms with van der Waals surface area (Å²) in [5.74, 6) is -0.561. The Hall–Kier alpha value is -3.70. The predicted molar refractivity (Wildman–Crippen MR) is 141 cm³/mol. The van der Waals surface area contributed by atoms with Crippen LogP contribution in [-0.2, 0) is 0 Å². The van der Waals surface area contributed by atoms with E-state index in [9.17, 15) is 9.59 Å². The Bertz CT molecular complexity index is 1670. The molecule has 4 aromatic carbocycles. The fourth-order valence-corrected chi connectivity index (χ4v) is 5.99. The third kappa shape index (κ3) is 2.83. The van der Waals surface area contributed by atoms with Gasteiger partial charge in [-0.05, 0) is 71.1 Å². The summed E-state index contributed by atoms with van der Waals surface area (Å²) < 4.78 is 0.871. The summed E-state index contributed by atoms with van der Waals surface area (Å²) in [6.45, 7) is 5.91. The van der Waals surface area contributed by atoms with Gasteiger partial charge in [0.15, 0.2) is 0 Å². The minimum atomic E-state index is -0.283. The standard InChI is InChI=1S/C29H21BrN2O2/c1-15-13-16(2)27(17(3)14-15)32-28(33)22-9-6-8-19(24(22)29(32)34)20-11-12-21-18-7-4-5-10-23(18)31-26(21)25(20)30/h4-14,31H,1-3H3. The van der Waals surface area contributed by atoms with E-state index in [0.717, 1.165) is 54.1 Å². The molecule has 0 fully saturated rings. The molecule has 0 spiro atoms. The van der Waals surface area contributed by atoms with Gasteiger partial charge in [0.25, 0.3) is 11.8 Å². The minimum absolute atomic E-state index is 0.278. The Morgan fingerprint density at radius 2 is 1.44 bits per heavy atom. The second-order valence-electron chi connectivity index (χ2n) is 8.94. The molecule has 1 aliphatic heterocycles. The first kappa shape index (κ1) is 20.9. The number of H-pyrrole nitrogens is 1. The van der Waals surface area contributed by atoms with Crippen molar-refractivity contribution in [3.05, 3.63) is 99.0 Å². The SMILES string of the molecule is Cc1cc(C)c(N2C(=O)c3cccc(-c4ccc5c([nH]c6ccccc65)c4Br)c3C2=O)c(C)c1. The van der Waals surface area contributed by atoms with Gasteiger partial charge in [0, 0.05) is 20.8 Å². The molecular formula is C29H21BrN2O2. The lowest BCUT2D eigenvalue weighted by Gasteiger charge is -2.20. The first-order chi connectivity index (χ1) is 16.4. The third-order valence-electron chi connectivity index (χ3n) is 6.68. The summed E-state index contributed by atoms with van der Waals surface area (Å²) in [6.07, 6.45) is 0. The van der Waals surface area contributed by atoms with Gasteiger partial charge >= 0.3 is 0 Å². The number of carbonyl (C=O) groups is 2. The van der Waals surface area contributed by atoms with Crippen molar-refractivity contribution in [2.75, 3.05) is 4.90 Å². The van der Waals surface area contributed by atoms with Crippen LogP contribution in [0.1, 0.15) is 37.4 Å². The number of fused-ring (bicyclic) bond motifs is 4. The average molecular weight is 509 g/mol. The number of aryl methyl sites for hydroxylation is 3. The summed E-state index contributed by atoms with van der Waals surface area (Å²) in [7, 11) is 0. The van der Waals surface area contributed by atoms with Crippen LogP contribution in [0.3, 0.4) is 0 Å². The number of nitrogens with one attached hydrogen (secondary N) is 1. The van der Waals surface area contributed by atoms with Crippen molar-refractivity contribution in [1.29, 1.82) is 0 Å². The van der Waals surface area contributed by atoms with Gasteiger partial charge in [0.1, 0.15) is 0 Å². The zero-order valence-electron chi connectivity index (χ0n) is 19.0. The maximum Gasteiger partial charge on any atom is 0.266 e. The van der Waals surface area contributed by atoms with Crippen LogP contribution in [0.15, 0.2) is 71.2 Å². The fraction of sp³-hybridized carbons (Fsp3) is 0.103. The fourth-order valence-electron chi connectivity index (χ4n) is 5.33. The highest BCUT2D eigenvalue weighted by atomic mass is 79.9. The molecular weight excluding hydrogens is 488 g/mol. The second-order valence-corrected chi connectivity index (χ2v) is 9.73. The maximum absolute atomic E-state index is 13.8. The number of halogens is 1. The van der Waals surface area contributed by atoms with Crippen LogP contribution < -0.4 is 4.90 Å². The first-order valence-corrected chi connectivity index (χ1v) is 11.9. The zero-order chi connectivity index (χ0) is 23.7. The molecule has 1 aromatic heterocycles. The topological polar surface area (TPSA) is 53.2 Å². The van der Waals surface area contributed by atoms with E-state index in [4.69, 9.17) is 0 Å². The summed E-state index contributed by atoms with van der Waals surface area (Å²) >= 11 is 3.79. The molecule has 166 valence electrons. The van der Waals surface area contributed by atoms with Gasteiger partial charge < -0.3 is 4.98 Å². The lowest BCUT2D eigenvalue weighted by atomic mass is 9.95. The normalized spacial score (nSPS) is 13.4. The van der Waals surface area contributed by atoms with Gasteiger partial charge in [-0.2, -0.15) is 0 Å². The lowest BCUT2D eigenvalue weighted by Crippen LogP contribution is -2.31. The zero-order valence-corrected chi connectivity index (χ0v) is 20.6. The molecule has 0 atom stereocenters. The van der Waals surface area contributed by atoms with Crippen LogP contribution in [0.2, 0.25) is 0 Å². The number of rotatable bonds is 2. The van der Waals surface area contributed by atoms with Crippen molar-refractivity contribution in [2.45, 2.75) is 20.8 Å². The molecule has 1 aliphatic rings. The number of aromatic nitrogens is 1. The largest absolute Gasteiger partial charge is 0.354 e. The molecule has 6 rings (SSSR count). The summed E-state index contributed by atoms with van der Waals surface area (Å²) in [6, 6.07) is 21.8. The van der Waals surface area contributed by atoms with Crippen molar-refractivity contribution in [3.63, 3.8) is 0 Å². The van der Waals surface area contributed by atoms with Gasteiger partial charge in [-0.25, -0.2) is 4.90 Å². The predicted octanol–water partition coefficient (Wildman–Crippen LogP) is 7.48.